The van der Waals surface area contributed by atoms with Gasteiger partial charge in [-0.15, -0.1) is 0 Å². The predicted octanol–water partition coefficient (Wildman–Crippen LogP) is 3.27. The lowest BCUT2D eigenvalue weighted by Crippen LogP contribution is -2.11. The van der Waals surface area contributed by atoms with Gasteiger partial charge in [-0.2, -0.15) is 0 Å². The third-order valence-corrected chi connectivity index (χ3v) is 2.53. The minimum Gasteiger partial charge on any atom is -0.508 e. The summed E-state index contributed by atoms with van der Waals surface area (Å²) >= 11 is 0. The molecule has 0 spiro atoms. The Morgan fingerprint density at radius 3 is 2.61 bits per heavy atom. The van der Waals surface area contributed by atoms with Crippen LogP contribution in [0.5, 0.6) is 5.75 Å². The molecular formula is C15H20O3. The van der Waals surface area contributed by atoms with E-state index in [2.05, 4.69) is 0 Å². The first-order chi connectivity index (χ1) is 8.34. The van der Waals surface area contributed by atoms with Crippen molar-refractivity contribution in [2.24, 2.45) is 0 Å². The van der Waals surface area contributed by atoms with E-state index in [4.69, 9.17) is 4.74 Å². The number of benzene rings is 1. The lowest BCUT2D eigenvalue weighted by atomic mass is 9.85. The molecule has 0 saturated heterocycles. The number of ether oxygens (including phenoxy) is 1. The molecule has 0 unspecified atom stereocenters. The molecule has 0 aromatic heterocycles. The van der Waals surface area contributed by atoms with Crippen molar-refractivity contribution in [1.29, 1.82) is 0 Å². The van der Waals surface area contributed by atoms with Gasteiger partial charge in [0.25, 0.3) is 0 Å². The normalized spacial score (nSPS) is 11.8. The molecule has 0 radical (unpaired) electrons. The minimum absolute atomic E-state index is 0.141. The Balaban J connectivity index is 2.96. The van der Waals surface area contributed by atoms with Crippen LogP contribution >= 0.6 is 0 Å². The Kier molecular flexibility index (Phi) is 4.54. The van der Waals surface area contributed by atoms with Crippen LogP contribution in [0.3, 0.4) is 0 Å². The quantitative estimate of drug-likeness (QED) is 0.659. The van der Waals surface area contributed by atoms with Crippen LogP contribution in [-0.4, -0.2) is 17.7 Å². The number of rotatable bonds is 3. The van der Waals surface area contributed by atoms with Crippen LogP contribution < -0.4 is 0 Å². The number of phenolic OH excluding ortho intramolecular Hbond substituents is 1. The van der Waals surface area contributed by atoms with Crippen molar-refractivity contribution in [2.75, 3.05) is 6.61 Å². The summed E-state index contributed by atoms with van der Waals surface area (Å²) in [6.07, 6.45) is 3.08. The Bertz CT molecular complexity index is 453. The Morgan fingerprint density at radius 2 is 2.06 bits per heavy atom. The highest BCUT2D eigenvalue weighted by atomic mass is 16.5. The molecule has 18 heavy (non-hydrogen) atoms. The van der Waals surface area contributed by atoms with Crippen molar-refractivity contribution in [2.45, 2.75) is 33.1 Å². The van der Waals surface area contributed by atoms with E-state index >= 15 is 0 Å². The van der Waals surface area contributed by atoms with Crippen LogP contribution in [0, 0.1) is 0 Å². The van der Waals surface area contributed by atoms with Crippen LogP contribution in [0.15, 0.2) is 24.3 Å². The summed E-state index contributed by atoms with van der Waals surface area (Å²) in [4.78, 5) is 11.2. The van der Waals surface area contributed by atoms with E-state index in [0.29, 0.717) is 6.61 Å². The van der Waals surface area contributed by atoms with Crippen molar-refractivity contribution in [3.63, 3.8) is 0 Å². The van der Waals surface area contributed by atoms with Gasteiger partial charge in [-0.1, -0.05) is 26.8 Å². The van der Waals surface area contributed by atoms with E-state index in [1.54, 1.807) is 25.1 Å². The average Bonchev–Trinajstić information content (AvgIpc) is 2.27. The predicted molar refractivity (Wildman–Crippen MR) is 72.5 cm³/mol. The summed E-state index contributed by atoms with van der Waals surface area (Å²) in [5, 5.41) is 9.82. The fourth-order valence-electron chi connectivity index (χ4n) is 1.61. The fourth-order valence-corrected chi connectivity index (χ4v) is 1.61. The van der Waals surface area contributed by atoms with Crippen molar-refractivity contribution in [3.8, 4) is 5.75 Å². The van der Waals surface area contributed by atoms with Crippen LogP contribution in [-0.2, 0) is 14.9 Å². The smallest absolute Gasteiger partial charge is 0.330 e. The van der Waals surface area contributed by atoms with Gasteiger partial charge < -0.3 is 9.84 Å². The monoisotopic (exact) mass is 248 g/mol. The second-order valence-electron chi connectivity index (χ2n) is 5.11. The molecule has 0 bridgehead atoms. The van der Waals surface area contributed by atoms with Crippen LogP contribution in [0.1, 0.15) is 38.8 Å². The van der Waals surface area contributed by atoms with Crippen LogP contribution in [0.25, 0.3) is 6.08 Å². The van der Waals surface area contributed by atoms with E-state index in [1.807, 2.05) is 26.8 Å². The first-order valence-electron chi connectivity index (χ1n) is 6.03. The third-order valence-electron chi connectivity index (χ3n) is 2.53. The maximum atomic E-state index is 11.2. The maximum absolute atomic E-state index is 11.2. The second-order valence-corrected chi connectivity index (χ2v) is 5.11. The summed E-state index contributed by atoms with van der Waals surface area (Å²) in [5.41, 5.74) is 1.58. The first kappa shape index (κ1) is 14.3. The number of aromatic hydroxyl groups is 1. The van der Waals surface area contributed by atoms with Crippen molar-refractivity contribution in [3.05, 3.63) is 35.4 Å². The summed E-state index contributed by atoms with van der Waals surface area (Å²) < 4.78 is 4.81. The fraction of sp³-hybridized carbons (Fsp3) is 0.400. The van der Waals surface area contributed by atoms with Crippen molar-refractivity contribution < 1.29 is 14.6 Å². The molecule has 0 atom stereocenters. The highest BCUT2D eigenvalue weighted by Crippen LogP contribution is 2.31. The van der Waals surface area contributed by atoms with Crippen molar-refractivity contribution in [1.82, 2.24) is 0 Å². The number of hydrogen-bond acceptors (Lipinski definition) is 3. The molecule has 1 aromatic rings. The minimum atomic E-state index is -0.358. The van der Waals surface area contributed by atoms with Gasteiger partial charge in [0, 0.05) is 6.08 Å². The molecule has 1 rings (SSSR count). The zero-order valence-electron chi connectivity index (χ0n) is 11.4. The van der Waals surface area contributed by atoms with E-state index < -0.39 is 0 Å². The van der Waals surface area contributed by atoms with Gasteiger partial charge in [0.15, 0.2) is 0 Å². The molecule has 3 heteroatoms. The zero-order chi connectivity index (χ0) is 13.8. The SMILES string of the molecule is CCOC(=O)C=Cc1ccc(O)c(C(C)(C)C)c1. The van der Waals surface area contributed by atoms with Gasteiger partial charge in [0.1, 0.15) is 5.75 Å². The zero-order valence-corrected chi connectivity index (χ0v) is 11.4. The van der Waals surface area contributed by atoms with E-state index in [0.717, 1.165) is 11.1 Å². The highest BCUT2D eigenvalue weighted by Gasteiger charge is 2.17. The Hall–Kier alpha value is -1.77. The summed E-state index contributed by atoms with van der Waals surface area (Å²) in [5.74, 6) is -0.0846. The number of esters is 1. The molecule has 98 valence electrons. The molecule has 1 aromatic carbocycles. The van der Waals surface area contributed by atoms with E-state index in [1.165, 1.54) is 6.08 Å². The molecule has 0 aliphatic heterocycles. The number of carbonyl (C=O) groups is 1. The molecule has 0 amide bonds. The maximum Gasteiger partial charge on any atom is 0.330 e. The van der Waals surface area contributed by atoms with Gasteiger partial charge in [-0.25, -0.2) is 4.79 Å². The lowest BCUT2D eigenvalue weighted by Gasteiger charge is -2.20. The molecule has 0 heterocycles. The van der Waals surface area contributed by atoms with Gasteiger partial charge in [-0.05, 0) is 41.7 Å². The van der Waals surface area contributed by atoms with Crippen LogP contribution in [0.4, 0.5) is 0 Å². The lowest BCUT2D eigenvalue weighted by molar-refractivity contribution is -0.137. The second kappa shape index (κ2) is 5.71. The standard InChI is InChI=1S/C15H20O3/c1-5-18-14(17)9-7-11-6-8-13(16)12(10-11)15(2,3)4/h6-10,16H,5H2,1-4H3. The van der Waals surface area contributed by atoms with Gasteiger partial charge in [-0.3, -0.25) is 0 Å². The first-order valence-corrected chi connectivity index (χ1v) is 6.03. The summed E-state index contributed by atoms with van der Waals surface area (Å²) in [6, 6.07) is 5.29. The summed E-state index contributed by atoms with van der Waals surface area (Å²) in [6.45, 7) is 8.22. The Labute approximate surface area is 108 Å². The molecule has 0 aliphatic carbocycles. The molecule has 0 aliphatic rings. The van der Waals surface area contributed by atoms with Gasteiger partial charge in [0.2, 0.25) is 0 Å². The van der Waals surface area contributed by atoms with Crippen LogP contribution in [0.2, 0.25) is 0 Å². The Morgan fingerprint density at radius 1 is 1.39 bits per heavy atom. The van der Waals surface area contributed by atoms with Crippen molar-refractivity contribution >= 4 is 12.0 Å². The van der Waals surface area contributed by atoms with E-state index in [9.17, 15) is 9.90 Å². The third kappa shape index (κ3) is 3.91. The molecule has 0 fully saturated rings. The molecule has 0 saturated carbocycles. The molecule has 3 nitrogen and oxygen atoms in total. The number of carbonyl (C=O) groups excluding carboxylic acids is 1. The largest absolute Gasteiger partial charge is 0.508 e. The topological polar surface area (TPSA) is 46.5 Å². The highest BCUT2D eigenvalue weighted by molar-refractivity contribution is 5.87. The number of phenols is 1. The number of hydrogen-bond donors (Lipinski definition) is 1. The summed E-state index contributed by atoms with van der Waals surface area (Å²) in [7, 11) is 0. The van der Waals surface area contributed by atoms with Gasteiger partial charge >= 0.3 is 5.97 Å². The molecular weight excluding hydrogens is 228 g/mol. The molecule has 1 N–H and O–H groups in total. The van der Waals surface area contributed by atoms with Gasteiger partial charge in [0.05, 0.1) is 6.61 Å². The van der Waals surface area contributed by atoms with E-state index in [-0.39, 0.29) is 17.1 Å². The average molecular weight is 248 g/mol.